The molecular weight excluding hydrogens is 369 g/mol. The summed E-state index contributed by atoms with van der Waals surface area (Å²) in [4.78, 5) is 14.8. The molecule has 5 nitrogen and oxygen atoms in total. The van der Waals surface area contributed by atoms with Gasteiger partial charge in [0.15, 0.2) is 9.84 Å². The highest BCUT2D eigenvalue weighted by Crippen LogP contribution is 2.35. The summed E-state index contributed by atoms with van der Waals surface area (Å²) in [6.07, 6.45) is 1.75. The van der Waals surface area contributed by atoms with Crippen molar-refractivity contribution in [3.05, 3.63) is 35.6 Å². The van der Waals surface area contributed by atoms with Gasteiger partial charge in [-0.2, -0.15) is 0 Å². The molecule has 0 N–H and O–H groups in total. The molecular formula is C20H28FNO4S. The molecule has 7 heteroatoms. The van der Waals surface area contributed by atoms with E-state index in [1.54, 1.807) is 17.0 Å². The third-order valence-corrected chi connectivity index (χ3v) is 7.65. The van der Waals surface area contributed by atoms with E-state index in [4.69, 9.17) is 4.74 Å². The average molecular weight is 398 g/mol. The van der Waals surface area contributed by atoms with Gasteiger partial charge in [0.05, 0.1) is 30.3 Å². The number of amides is 1. The van der Waals surface area contributed by atoms with Crippen LogP contribution in [0.5, 0.6) is 0 Å². The first-order valence-corrected chi connectivity index (χ1v) is 11.5. The number of sulfone groups is 1. The molecule has 0 bridgehead atoms. The molecule has 0 spiro atoms. The predicted molar refractivity (Wildman–Crippen MR) is 102 cm³/mol. The topological polar surface area (TPSA) is 63.7 Å². The number of hydrogen-bond acceptors (Lipinski definition) is 4. The molecule has 0 radical (unpaired) electrons. The highest BCUT2D eigenvalue weighted by Gasteiger charge is 2.45. The fraction of sp³-hybridized carbons (Fsp3) is 0.650. The van der Waals surface area contributed by atoms with Crippen molar-refractivity contribution < 1.29 is 22.3 Å². The van der Waals surface area contributed by atoms with E-state index in [2.05, 4.69) is 13.8 Å². The Morgan fingerprint density at radius 2 is 1.89 bits per heavy atom. The third kappa shape index (κ3) is 4.51. The minimum atomic E-state index is -3.17. The minimum Gasteiger partial charge on any atom is -0.373 e. The van der Waals surface area contributed by atoms with Crippen molar-refractivity contribution in [1.29, 1.82) is 0 Å². The fourth-order valence-electron chi connectivity index (χ4n) is 4.45. The second-order valence-corrected chi connectivity index (χ2v) is 9.73. The number of morpholine rings is 1. The van der Waals surface area contributed by atoms with E-state index in [1.165, 1.54) is 12.1 Å². The lowest BCUT2D eigenvalue weighted by atomic mass is 9.80. The van der Waals surface area contributed by atoms with E-state index in [1.807, 2.05) is 0 Å². The van der Waals surface area contributed by atoms with Gasteiger partial charge in [0, 0.05) is 13.0 Å². The van der Waals surface area contributed by atoms with Crippen LogP contribution in [0, 0.1) is 11.7 Å². The molecule has 3 rings (SSSR count). The van der Waals surface area contributed by atoms with E-state index < -0.39 is 15.9 Å². The summed E-state index contributed by atoms with van der Waals surface area (Å²) in [5.74, 6) is -0.0477. The summed E-state index contributed by atoms with van der Waals surface area (Å²) in [5.41, 5.74) is 0.960. The van der Waals surface area contributed by atoms with Crippen LogP contribution in [0.25, 0.3) is 0 Å². The molecule has 1 amide bonds. The molecule has 2 aliphatic heterocycles. The third-order valence-electron chi connectivity index (χ3n) is 5.97. The van der Waals surface area contributed by atoms with Gasteiger partial charge in [0.25, 0.3) is 0 Å². The Balaban J connectivity index is 1.80. The normalized spacial score (nSPS) is 25.4. The predicted octanol–water partition coefficient (Wildman–Crippen LogP) is 2.76. The monoisotopic (exact) mass is 397 g/mol. The summed E-state index contributed by atoms with van der Waals surface area (Å²) >= 11 is 0. The van der Waals surface area contributed by atoms with E-state index in [9.17, 15) is 17.6 Å². The molecule has 1 aromatic rings. The number of carbonyl (C=O) groups excluding carboxylic acids is 1. The van der Waals surface area contributed by atoms with Crippen LogP contribution in [0.15, 0.2) is 24.3 Å². The van der Waals surface area contributed by atoms with Crippen molar-refractivity contribution in [3.63, 3.8) is 0 Å². The summed E-state index contributed by atoms with van der Waals surface area (Å²) in [6, 6.07) is 6.00. The molecule has 0 saturated carbocycles. The van der Waals surface area contributed by atoms with Crippen LogP contribution in [-0.2, 0) is 19.4 Å². The van der Waals surface area contributed by atoms with Crippen LogP contribution in [0.4, 0.5) is 4.39 Å². The van der Waals surface area contributed by atoms with Crippen molar-refractivity contribution in [1.82, 2.24) is 4.90 Å². The van der Waals surface area contributed by atoms with Gasteiger partial charge in [-0.15, -0.1) is 0 Å². The standard InChI is InChI=1S/C20H28FNO4S/c1-3-14(4-2)17(15-5-7-16(21)8-6-15)11-20(23)22-9-10-26-19-13-27(24,25)12-18(19)22/h5-8,14,17-19H,3-4,9-13H2,1-2H3. The van der Waals surface area contributed by atoms with Crippen molar-refractivity contribution in [2.75, 3.05) is 24.7 Å². The zero-order valence-corrected chi connectivity index (χ0v) is 16.8. The molecule has 0 aromatic heterocycles. The quantitative estimate of drug-likeness (QED) is 0.740. The maximum atomic E-state index is 13.3. The van der Waals surface area contributed by atoms with Crippen molar-refractivity contribution in [3.8, 4) is 0 Å². The zero-order chi connectivity index (χ0) is 19.6. The van der Waals surface area contributed by atoms with E-state index >= 15 is 0 Å². The van der Waals surface area contributed by atoms with Gasteiger partial charge in [0.1, 0.15) is 5.82 Å². The Morgan fingerprint density at radius 1 is 1.22 bits per heavy atom. The van der Waals surface area contributed by atoms with Gasteiger partial charge in [-0.3, -0.25) is 4.79 Å². The van der Waals surface area contributed by atoms with Crippen LogP contribution in [-0.4, -0.2) is 56.0 Å². The lowest BCUT2D eigenvalue weighted by Gasteiger charge is -2.38. The maximum absolute atomic E-state index is 13.3. The first kappa shape index (κ1) is 20.3. The van der Waals surface area contributed by atoms with E-state index in [0.717, 1.165) is 18.4 Å². The molecule has 3 unspecified atom stereocenters. The smallest absolute Gasteiger partial charge is 0.223 e. The Hall–Kier alpha value is -1.47. The SMILES string of the molecule is CCC(CC)C(CC(=O)N1CCOC2CS(=O)(=O)CC21)c1ccc(F)cc1. The van der Waals surface area contributed by atoms with E-state index in [-0.39, 0.29) is 35.2 Å². The van der Waals surface area contributed by atoms with Crippen molar-refractivity contribution in [2.24, 2.45) is 5.92 Å². The largest absolute Gasteiger partial charge is 0.373 e. The number of fused-ring (bicyclic) bond motifs is 1. The first-order chi connectivity index (χ1) is 12.8. The Kier molecular flexibility index (Phi) is 6.21. The Bertz CT molecular complexity index is 761. The number of hydrogen-bond donors (Lipinski definition) is 0. The van der Waals surface area contributed by atoms with Crippen LogP contribution in [0.2, 0.25) is 0 Å². The molecule has 2 fully saturated rings. The molecule has 150 valence electrons. The summed E-state index contributed by atoms with van der Waals surface area (Å²) in [6.45, 7) is 5.00. The number of benzene rings is 1. The number of carbonyl (C=O) groups is 1. The van der Waals surface area contributed by atoms with Crippen LogP contribution >= 0.6 is 0 Å². The number of halogens is 1. The molecule has 2 heterocycles. The summed E-state index contributed by atoms with van der Waals surface area (Å²) in [5, 5.41) is 0. The molecule has 3 atom stereocenters. The fourth-order valence-corrected chi connectivity index (χ4v) is 6.32. The second kappa shape index (κ2) is 8.27. The van der Waals surface area contributed by atoms with Crippen LogP contribution in [0.3, 0.4) is 0 Å². The highest BCUT2D eigenvalue weighted by atomic mass is 32.2. The van der Waals surface area contributed by atoms with Crippen molar-refractivity contribution >= 4 is 15.7 Å². The highest BCUT2D eigenvalue weighted by molar-refractivity contribution is 7.91. The number of ether oxygens (including phenoxy) is 1. The number of nitrogens with zero attached hydrogens (tertiary/aromatic N) is 1. The second-order valence-electron chi connectivity index (χ2n) is 7.58. The first-order valence-electron chi connectivity index (χ1n) is 9.71. The zero-order valence-electron chi connectivity index (χ0n) is 15.9. The van der Waals surface area contributed by atoms with Gasteiger partial charge in [-0.05, 0) is 29.5 Å². The van der Waals surface area contributed by atoms with Gasteiger partial charge in [-0.25, -0.2) is 12.8 Å². The molecule has 2 aliphatic rings. The molecule has 1 aromatic carbocycles. The molecule has 27 heavy (non-hydrogen) atoms. The van der Waals surface area contributed by atoms with Gasteiger partial charge < -0.3 is 9.64 Å². The Morgan fingerprint density at radius 3 is 2.52 bits per heavy atom. The van der Waals surface area contributed by atoms with Gasteiger partial charge in [0.2, 0.25) is 5.91 Å². The Labute approximate surface area is 160 Å². The van der Waals surface area contributed by atoms with Crippen LogP contribution in [0.1, 0.15) is 44.6 Å². The van der Waals surface area contributed by atoms with Crippen molar-refractivity contribution in [2.45, 2.75) is 51.2 Å². The molecule has 0 aliphatic carbocycles. The lowest BCUT2D eigenvalue weighted by Crippen LogP contribution is -2.53. The van der Waals surface area contributed by atoms with Gasteiger partial charge in [-0.1, -0.05) is 38.8 Å². The number of rotatable bonds is 6. The summed E-state index contributed by atoms with van der Waals surface area (Å²) in [7, 11) is -3.17. The minimum absolute atomic E-state index is 0.00458. The lowest BCUT2D eigenvalue weighted by molar-refractivity contribution is -0.143. The van der Waals surface area contributed by atoms with Gasteiger partial charge >= 0.3 is 0 Å². The molecule has 2 saturated heterocycles. The maximum Gasteiger partial charge on any atom is 0.223 e. The summed E-state index contributed by atoms with van der Waals surface area (Å²) < 4.78 is 42.9. The average Bonchev–Trinajstić information content (AvgIpc) is 2.96. The van der Waals surface area contributed by atoms with E-state index in [0.29, 0.717) is 25.5 Å². The van der Waals surface area contributed by atoms with Crippen LogP contribution < -0.4 is 0 Å².